The van der Waals surface area contributed by atoms with Crippen LogP contribution in [0.5, 0.6) is 0 Å². The summed E-state index contributed by atoms with van der Waals surface area (Å²) in [5.74, 6) is -0.589. The zero-order valence-corrected chi connectivity index (χ0v) is 14.8. The van der Waals surface area contributed by atoms with Crippen LogP contribution in [0.2, 0.25) is 5.02 Å². The van der Waals surface area contributed by atoms with Gasteiger partial charge in [-0.25, -0.2) is 9.67 Å². The van der Waals surface area contributed by atoms with Gasteiger partial charge in [0.05, 0.1) is 36.2 Å². The Morgan fingerprint density at radius 2 is 1.96 bits per heavy atom. The van der Waals surface area contributed by atoms with Crippen LogP contribution < -0.4 is 5.49 Å². The summed E-state index contributed by atoms with van der Waals surface area (Å²) in [6.45, 7) is 0. The zero-order valence-electron chi connectivity index (χ0n) is 14.0. The number of aliphatic hydroxyl groups is 3. The van der Waals surface area contributed by atoms with Gasteiger partial charge in [0.2, 0.25) is 5.49 Å². The molecule has 0 radical (unpaired) electrons. The summed E-state index contributed by atoms with van der Waals surface area (Å²) >= 11 is 5.88. The van der Waals surface area contributed by atoms with E-state index in [1.165, 1.54) is 17.2 Å². The van der Waals surface area contributed by atoms with Crippen molar-refractivity contribution in [2.24, 2.45) is 11.1 Å². The molecular weight excluding hydrogens is 374 g/mol. The Bertz CT molecular complexity index is 1020. The van der Waals surface area contributed by atoms with Crippen molar-refractivity contribution in [1.29, 1.82) is 0 Å². The van der Waals surface area contributed by atoms with Crippen LogP contribution in [0.15, 0.2) is 41.9 Å². The number of halogens is 1. The first kappa shape index (κ1) is 17.9. The van der Waals surface area contributed by atoms with Gasteiger partial charge >= 0.3 is 0 Å². The Labute approximate surface area is 158 Å². The van der Waals surface area contributed by atoms with Gasteiger partial charge in [0.25, 0.3) is 0 Å². The standard InChI is InChI=1S/C17H18ClN5O4/c18-9-3-1-8(2-4-9)13(24)10-5-12(15(26)14(10)25)23-17-11(6-21-23)16(22-27)19-7-20-17/h1-4,6-7,10,12-15,24-27H,5H2,(H,19,20,22)/t10-,12-,13?,14-,15+/m1/s1. The first-order valence-corrected chi connectivity index (χ1v) is 8.77. The molecule has 142 valence electrons. The van der Waals surface area contributed by atoms with Gasteiger partial charge in [-0.15, -0.1) is 0 Å². The van der Waals surface area contributed by atoms with Gasteiger partial charge in [0.15, 0.2) is 0 Å². The van der Waals surface area contributed by atoms with E-state index in [-0.39, 0.29) is 5.49 Å². The van der Waals surface area contributed by atoms with E-state index in [9.17, 15) is 15.3 Å². The van der Waals surface area contributed by atoms with E-state index in [0.29, 0.717) is 28.0 Å². The molecule has 3 aromatic rings. The maximum atomic E-state index is 10.7. The molecule has 2 heterocycles. The van der Waals surface area contributed by atoms with E-state index in [1.54, 1.807) is 24.3 Å². The molecule has 0 amide bonds. The van der Waals surface area contributed by atoms with Crippen molar-refractivity contribution < 1.29 is 20.5 Å². The number of nitrogens with one attached hydrogen (secondary N) is 1. The van der Waals surface area contributed by atoms with Gasteiger partial charge < -0.3 is 25.5 Å². The van der Waals surface area contributed by atoms with Crippen molar-refractivity contribution in [2.75, 3.05) is 0 Å². The third kappa shape index (κ3) is 2.98. The fourth-order valence-corrected chi connectivity index (χ4v) is 3.86. The molecule has 4 rings (SSSR count). The lowest BCUT2D eigenvalue weighted by molar-refractivity contribution is -0.0271. The topological polar surface area (TPSA) is 140 Å². The zero-order chi connectivity index (χ0) is 19.1. The summed E-state index contributed by atoms with van der Waals surface area (Å²) in [7, 11) is 0. The fourth-order valence-electron chi connectivity index (χ4n) is 3.73. The summed E-state index contributed by atoms with van der Waals surface area (Å²) in [4.78, 5) is 6.82. The fraction of sp³-hybridized carbons (Fsp3) is 0.353. The molecule has 5 N–H and O–H groups in total. The van der Waals surface area contributed by atoms with Crippen LogP contribution in [0.1, 0.15) is 24.1 Å². The number of benzene rings is 1. The lowest BCUT2D eigenvalue weighted by Crippen LogP contribution is -2.31. The molecule has 1 aliphatic rings. The minimum absolute atomic E-state index is 0.0979. The normalized spacial score (nSPS) is 27.3. The summed E-state index contributed by atoms with van der Waals surface area (Å²) in [6.07, 6.45) is -0.110. The minimum Gasteiger partial charge on any atom is -0.409 e. The van der Waals surface area contributed by atoms with E-state index >= 15 is 0 Å². The van der Waals surface area contributed by atoms with Crippen LogP contribution in [-0.4, -0.2) is 52.5 Å². The van der Waals surface area contributed by atoms with Crippen molar-refractivity contribution in [3.63, 3.8) is 0 Å². The third-order valence-electron chi connectivity index (χ3n) is 5.15. The van der Waals surface area contributed by atoms with Gasteiger partial charge in [-0.05, 0) is 24.1 Å². The predicted molar refractivity (Wildman–Crippen MR) is 94.8 cm³/mol. The molecule has 1 saturated carbocycles. The van der Waals surface area contributed by atoms with Crippen LogP contribution in [0, 0.1) is 5.92 Å². The Hall–Kier alpha value is -2.46. The van der Waals surface area contributed by atoms with Gasteiger partial charge in [-0.1, -0.05) is 28.9 Å². The molecule has 0 aliphatic heterocycles. The summed E-state index contributed by atoms with van der Waals surface area (Å²) in [5.41, 5.74) is 1.20. The van der Waals surface area contributed by atoms with Gasteiger partial charge in [-0.2, -0.15) is 5.10 Å². The highest BCUT2D eigenvalue weighted by molar-refractivity contribution is 6.30. The number of aromatic nitrogens is 4. The highest BCUT2D eigenvalue weighted by atomic mass is 35.5. The highest BCUT2D eigenvalue weighted by Gasteiger charge is 2.46. The molecule has 0 spiro atoms. The van der Waals surface area contributed by atoms with E-state index in [4.69, 9.17) is 16.8 Å². The summed E-state index contributed by atoms with van der Waals surface area (Å²) in [5, 5.41) is 49.2. The molecule has 9 nitrogen and oxygen atoms in total. The van der Waals surface area contributed by atoms with Gasteiger partial charge in [0, 0.05) is 10.9 Å². The number of hydrogen-bond donors (Lipinski definition) is 5. The van der Waals surface area contributed by atoms with Gasteiger partial charge in [-0.3, -0.25) is 0 Å². The quantitative estimate of drug-likeness (QED) is 0.329. The van der Waals surface area contributed by atoms with E-state index < -0.39 is 30.3 Å². The smallest absolute Gasteiger partial charge is 0.205 e. The molecular formula is C17H18ClN5O4. The Morgan fingerprint density at radius 1 is 1.22 bits per heavy atom. The minimum atomic E-state index is -1.14. The van der Waals surface area contributed by atoms with Crippen molar-refractivity contribution in [3.05, 3.63) is 52.9 Å². The lowest BCUT2D eigenvalue weighted by Gasteiger charge is -2.22. The molecule has 5 atom stereocenters. The first-order valence-electron chi connectivity index (χ1n) is 8.40. The molecule has 1 fully saturated rings. The summed E-state index contributed by atoms with van der Waals surface area (Å²) < 4.78 is 1.52. The van der Waals surface area contributed by atoms with E-state index in [1.807, 2.05) is 0 Å². The Balaban J connectivity index is 1.67. The number of hydrogen-bond acceptors (Lipinski definition) is 7. The van der Waals surface area contributed by atoms with Crippen LogP contribution in [0.25, 0.3) is 11.0 Å². The third-order valence-corrected chi connectivity index (χ3v) is 5.40. The van der Waals surface area contributed by atoms with Gasteiger partial charge in [0.1, 0.15) is 11.8 Å². The molecule has 0 saturated heterocycles. The van der Waals surface area contributed by atoms with E-state index in [2.05, 4.69) is 20.2 Å². The maximum absolute atomic E-state index is 10.7. The molecule has 1 unspecified atom stereocenters. The number of aliphatic hydroxyl groups excluding tert-OH is 3. The average Bonchev–Trinajstić information content (AvgIpc) is 3.23. The Morgan fingerprint density at radius 3 is 2.67 bits per heavy atom. The van der Waals surface area contributed by atoms with Crippen molar-refractivity contribution in [1.82, 2.24) is 19.7 Å². The lowest BCUT2D eigenvalue weighted by atomic mass is 9.92. The highest BCUT2D eigenvalue weighted by Crippen LogP contribution is 2.42. The largest absolute Gasteiger partial charge is 0.409 e. The second kappa shape index (κ2) is 6.93. The number of aromatic amines is 1. The molecule has 1 aliphatic carbocycles. The second-order valence-electron chi connectivity index (χ2n) is 6.62. The van der Waals surface area contributed by atoms with Crippen LogP contribution in [-0.2, 0) is 0 Å². The number of H-pyrrole nitrogens is 1. The molecule has 10 heteroatoms. The predicted octanol–water partition coefficient (Wildman–Crippen LogP) is 0.719. The monoisotopic (exact) mass is 391 g/mol. The van der Waals surface area contributed by atoms with Crippen LogP contribution in [0.3, 0.4) is 0 Å². The SMILES string of the molecule is O/N=c1/nc[nH]c2c1cnn2[C@@H]1C[C@H](C(O)c2ccc(Cl)cc2)[C@@H](O)[C@H]1O. The maximum Gasteiger partial charge on any atom is 0.205 e. The van der Waals surface area contributed by atoms with Crippen molar-refractivity contribution >= 4 is 22.6 Å². The molecule has 27 heavy (non-hydrogen) atoms. The molecule has 2 aromatic heterocycles. The summed E-state index contributed by atoms with van der Waals surface area (Å²) in [6, 6.07) is 6.14. The Kier molecular flexibility index (Phi) is 4.60. The molecule has 0 bridgehead atoms. The number of fused-ring (bicyclic) bond motifs is 1. The van der Waals surface area contributed by atoms with Crippen molar-refractivity contribution in [2.45, 2.75) is 30.8 Å². The molecule has 1 aromatic carbocycles. The number of nitrogens with zero attached hydrogens (tertiary/aromatic N) is 4. The van der Waals surface area contributed by atoms with Crippen LogP contribution >= 0.6 is 11.6 Å². The first-order chi connectivity index (χ1) is 13.0. The number of rotatable bonds is 3. The average molecular weight is 392 g/mol. The van der Waals surface area contributed by atoms with Crippen LogP contribution in [0.4, 0.5) is 0 Å². The second-order valence-corrected chi connectivity index (χ2v) is 7.06. The van der Waals surface area contributed by atoms with Crippen molar-refractivity contribution in [3.8, 4) is 0 Å². The van der Waals surface area contributed by atoms with E-state index in [0.717, 1.165) is 0 Å².